The molecule has 23 heavy (non-hydrogen) atoms. The van der Waals surface area contributed by atoms with E-state index in [1.54, 1.807) is 29.9 Å². The van der Waals surface area contributed by atoms with Gasteiger partial charge in [-0.3, -0.25) is 14.8 Å². The average molecular weight is 314 g/mol. The first-order valence-corrected chi connectivity index (χ1v) is 6.97. The number of hydrogen-bond acceptors (Lipinski definition) is 4. The van der Waals surface area contributed by atoms with Crippen LogP contribution in [0.15, 0.2) is 36.7 Å². The van der Waals surface area contributed by atoms with Crippen LogP contribution in [0.2, 0.25) is 0 Å². The van der Waals surface area contributed by atoms with E-state index in [4.69, 9.17) is 0 Å². The number of aromatic nitrogens is 5. The van der Waals surface area contributed by atoms with Crippen LogP contribution >= 0.6 is 0 Å². The monoisotopic (exact) mass is 314 g/mol. The van der Waals surface area contributed by atoms with Crippen LogP contribution in [-0.4, -0.2) is 30.5 Å². The highest BCUT2D eigenvalue weighted by molar-refractivity contribution is 6.01. The molecule has 1 amide bonds. The molecule has 1 N–H and O–H groups in total. The number of anilines is 1. The maximum atomic E-state index is 13.2. The van der Waals surface area contributed by atoms with Gasteiger partial charge >= 0.3 is 0 Å². The highest BCUT2D eigenvalue weighted by Gasteiger charge is 2.13. The van der Waals surface area contributed by atoms with Crippen LogP contribution in [0.1, 0.15) is 21.7 Å². The van der Waals surface area contributed by atoms with Gasteiger partial charge in [-0.05, 0) is 30.7 Å². The molecule has 0 aliphatic carbocycles. The number of benzene rings is 1. The third-order valence-corrected chi connectivity index (χ3v) is 3.34. The van der Waals surface area contributed by atoms with Crippen LogP contribution < -0.4 is 5.32 Å². The Balaban J connectivity index is 1.68. The lowest BCUT2D eigenvalue weighted by atomic mass is 10.2. The predicted molar refractivity (Wildman–Crippen MR) is 81.4 cm³/mol. The van der Waals surface area contributed by atoms with Crippen LogP contribution in [0, 0.1) is 12.7 Å². The molecular formula is C15H15FN6O. The highest BCUT2D eigenvalue weighted by atomic mass is 19.1. The first kappa shape index (κ1) is 14.9. The van der Waals surface area contributed by atoms with Gasteiger partial charge in [0.2, 0.25) is 5.95 Å². The van der Waals surface area contributed by atoms with Gasteiger partial charge in [0.05, 0.1) is 6.54 Å². The van der Waals surface area contributed by atoms with Gasteiger partial charge in [-0.2, -0.15) is 5.10 Å². The minimum Gasteiger partial charge on any atom is -0.288 e. The Bertz CT molecular complexity index is 834. The Morgan fingerprint density at radius 2 is 2.13 bits per heavy atom. The third-order valence-electron chi connectivity index (χ3n) is 3.34. The average Bonchev–Trinajstić information content (AvgIpc) is 3.06. The summed E-state index contributed by atoms with van der Waals surface area (Å²) in [6.45, 7) is 2.22. The zero-order valence-corrected chi connectivity index (χ0v) is 12.7. The van der Waals surface area contributed by atoms with Crippen LogP contribution in [0.4, 0.5) is 10.3 Å². The second-order valence-electron chi connectivity index (χ2n) is 5.14. The van der Waals surface area contributed by atoms with Gasteiger partial charge in [-0.25, -0.2) is 14.1 Å². The molecule has 0 aliphatic rings. The van der Waals surface area contributed by atoms with E-state index in [0.717, 1.165) is 11.3 Å². The summed E-state index contributed by atoms with van der Waals surface area (Å²) in [5, 5.41) is 10.8. The first-order chi connectivity index (χ1) is 11.0. The van der Waals surface area contributed by atoms with Gasteiger partial charge in [0.15, 0.2) is 5.69 Å². The van der Waals surface area contributed by atoms with Crippen LogP contribution in [0.3, 0.4) is 0 Å². The molecule has 3 aromatic rings. The molecule has 2 heterocycles. The number of carbonyl (C=O) groups excluding carboxylic acids is 1. The number of carbonyl (C=O) groups is 1. The van der Waals surface area contributed by atoms with E-state index in [2.05, 4.69) is 20.5 Å². The van der Waals surface area contributed by atoms with E-state index in [1.165, 1.54) is 23.1 Å². The summed E-state index contributed by atoms with van der Waals surface area (Å²) in [6.07, 6.45) is 1.48. The number of amides is 1. The molecule has 0 aliphatic heterocycles. The summed E-state index contributed by atoms with van der Waals surface area (Å²) in [5.41, 5.74) is 1.93. The zero-order valence-electron chi connectivity index (χ0n) is 12.7. The lowest BCUT2D eigenvalue weighted by molar-refractivity contribution is 0.102. The number of rotatable bonds is 4. The molecule has 3 rings (SSSR count). The lowest BCUT2D eigenvalue weighted by Crippen LogP contribution is -2.14. The van der Waals surface area contributed by atoms with E-state index in [-0.39, 0.29) is 17.7 Å². The Kier molecular flexibility index (Phi) is 3.88. The van der Waals surface area contributed by atoms with E-state index >= 15 is 0 Å². The van der Waals surface area contributed by atoms with Crippen molar-refractivity contribution >= 4 is 11.9 Å². The van der Waals surface area contributed by atoms with Crippen LogP contribution in [-0.2, 0) is 13.6 Å². The molecule has 0 saturated heterocycles. The van der Waals surface area contributed by atoms with E-state index in [9.17, 15) is 9.18 Å². The maximum Gasteiger partial charge on any atom is 0.278 e. The molecule has 0 spiro atoms. The van der Waals surface area contributed by atoms with Gasteiger partial charge < -0.3 is 0 Å². The third kappa shape index (κ3) is 3.42. The van der Waals surface area contributed by atoms with Crippen LogP contribution in [0.5, 0.6) is 0 Å². The summed E-state index contributed by atoms with van der Waals surface area (Å²) in [4.78, 5) is 16.1. The molecule has 1 aromatic carbocycles. The van der Waals surface area contributed by atoms with Gasteiger partial charge in [-0.1, -0.05) is 12.1 Å². The summed E-state index contributed by atoms with van der Waals surface area (Å²) >= 11 is 0. The van der Waals surface area contributed by atoms with Crippen molar-refractivity contribution in [1.82, 2.24) is 24.5 Å². The van der Waals surface area contributed by atoms with Crippen LogP contribution in [0.25, 0.3) is 0 Å². The van der Waals surface area contributed by atoms with Crippen molar-refractivity contribution in [2.75, 3.05) is 5.32 Å². The summed E-state index contributed by atoms with van der Waals surface area (Å²) in [5.74, 6) is -0.506. The largest absolute Gasteiger partial charge is 0.288 e. The summed E-state index contributed by atoms with van der Waals surface area (Å²) < 4.78 is 16.3. The molecule has 118 valence electrons. The normalized spacial score (nSPS) is 10.7. The minimum absolute atomic E-state index is 0.176. The summed E-state index contributed by atoms with van der Waals surface area (Å²) in [7, 11) is 1.76. The smallest absolute Gasteiger partial charge is 0.278 e. The first-order valence-electron chi connectivity index (χ1n) is 6.97. The molecule has 0 radical (unpaired) electrons. The highest BCUT2D eigenvalue weighted by Crippen LogP contribution is 2.08. The summed E-state index contributed by atoms with van der Waals surface area (Å²) in [6, 6.07) is 7.91. The minimum atomic E-state index is -0.378. The van der Waals surface area contributed by atoms with Crippen molar-refractivity contribution < 1.29 is 9.18 Å². The zero-order chi connectivity index (χ0) is 16.4. The molecular weight excluding hydrogens is 299 g/mol. The quantitative estimate of drug-likeness (QED) is 0.796. The standard InChI is InChI=1S/C15H15FN6O/c1-10-6-13(19-21(10)2)14(23)18-15-17-9-22(20-15)8-11-4-3-5-12(16)7-11/h3-7,9H,8H2,1-2H3,(H,18,20,23). The van der Waals surface area contributed by atoms with Gasteiger partial charge in [0.25, 0.3) is 5.91 Å². The van der Waals surface area contributed by atoms with E-state index in [0.29, 0.717) is 12.2 Å². The number of aryl methyl sites for hydroxylation is 2. The lowest BCUT2D eigenvalue weighted by Gasteiger charge is -2.01. The second-order valence-corrected chi connectivity index (χ2v) is 5.14. The number of nitrogens with one attached hydrogen (secondary N) is 1. The predicted octanol–water partition coefficient (Wildman–Crippen LogP) is 1.76. The fraction of sp³-hybridized carbons (Fsp3) is 0.200. The second kappa shape index (κ2) is 5.99. The Morgan fingerprint density at radius 3 is 2.83 bits per heavy atom. The molecule has 0 atom stereocenters. The van der Waals surface area contributed by atoms with Crippen molar-refractivity contribution in [2.45, 2.75) is 13.5 Å². The molecule has 0 bridgehead atoms. The molecule has 0 saturated carbocycles. The van der Waals surface area contributed by atoms with Crippen molar-refractivity contribution in [3.05, 3.63) is 59.4 Å². The number of halogens is 1. The fourth-order valence-electron chi connectivity index (χ4n) is 2.09. The SMILES string of the molecule is Cc1cc(C(=O)Nc2ncn(Cc3cccc(F)c3)n2)nn1C. The van der Waals surface area contributed by atoms with Crippen molar-refractivity contribution in [1.29, 1.82) is 0 Å². The van der Waals surface area contributed by atoms with Gasteiger partial charge in [0.1, 0.15) is 12.1 Å². The van der Waals surface area contributed by atoms with Crippen molar-refractivity contribution in [3.63, 3.8) is 0 Å². The van der Waals surface area contributed by atoms with Gasteiger partial charge in [0, 0.05) is 12.7 Å². The maximum absolute atomic E-state index is 13.2. The molecule has 7 nitrogen and oxygen atoms in total. The van der Waals surface area contributed by atoms with E-state index in [1.807, 2.05) is 6.92 Å². The Hall–Kier alpha value is -3.03. The molecule has 0 fully saturated rings. The number of nitrogens with zero attached hydrogens (tertiary/aromatic N) is 5. The molecule has 2 aromatic heterocycles. The van der Waals surface area contributed by atoms with Crippen molar-refractivity contribution in [2.24, 2.45) is 7.05 Å². The number of hydrogen-bond donors (Lipinski definition) is 1. The van der Waals surface area contributed by atoms with E-state index < -0.39 is 0 Å². The van der Waals surface area contributed by atoms with Gasteiger partial charge in [-0.15, -0.1) is 5.10 Å². The van der Waals surface area contributed by atoms with Crippen molar-refractivity contribution in [3.8, 4) is 0 Å². The molecule has 0 unspecified atom stereocenters. The molecule has 8 heteroatoms. The Labute approximate surface area is 131 Å². The fourth-order valence-corrected chi connectivity index (χ4v) is 2.09. The Morgan fingerprint density at radius 1 is 1.30 bits per heavy atom. The topological polar surface area (TPSA) is 77.6 Å².